The van der Waals surface area contributed by atoms with Gasteiger partial charge in [-0.3, -0.25) is 5.32 Å². The number of fused-ring (bicyclic) bond motifs is 2. The third-order valence-electron chi connectivity index (χ3n) is 5.10. The Kier molecular flexibility index (Phi) is 4.92. The number of aliphatic imine (C=N–C) groups is 1. The molecule has 0 bridgehead atoms. The molecule has 0 atom stereocenters. The molecule has 4 aromatic rings. The molecule has 1 aromatic heterocycles. The van der Waals surface area contributed by atoms with E-state index in [1.807, 2.05) is 36.5 Å². The van der Waals surface area contributed by atoms with Crippen molar-refractivity contribution in [3.8, 4) is 17.1 Å². The van der Waals surface area contributed by atoms with Gasteiger partial charge in [0.15, 0.2) is 11.4 Å². The fourth-order valence-electron chi connectivity index (χ4n) is 3.47. The van der Waals surface area contributed by atoms with Crippen molar-refractivity contribution >= 4 is 45.4 Å². The molecule has 0 amide bonds. The van der Waals surface area contributed by atoms with Crippen LogP contribution in [0.2, 0.25) is 0 Å². The Labute approximate surface area is 183 Å². The molecule has 0 aliphatic carbocycles. The number of aromatic nitrogens is 2. The number of hydrogen-bond donors (Lipinski definition) is 4. The highest BCUT2D eigenvalue weighted by atomic mass is 16.5. The number of nitrogens with two attached hydrogens (primary N) is 1. The zero-order chi connectivity index (χ0) is 22.1. The highest BCUT2D eigenvalue weighted by Gasteiger charge is 2.27. The Balaban J connectivity index is 1.42. The van der Waals surface area contributed by atoms with Crippen LogP contribution in [0.3, 0.4) is 0 Å². The van der Waals surface area contributed by atoms with Gasteiger partial charge in [-0.25, -0.2) is 5.43 Å². The number of phenolic OH excluding ortho intramolecular Hbond substituents is 1. The van der Waals surface area contributed by atoms with E-state index < -0.39 is 0 Å². The number of anilines is 1. The smallest absolute Gasteiger partial charge is 0.342 e. The molecule has 158 valence electrons. The Morgan fingerprint density at radius 1 is 1.12 bits per heavy atom. The SMILES string of the molecule is CCC(=N)C(=NNc1nc(-c2cccc(O)c2)no1)C1=Nc2cc3ccccc3cc2[NH2+]1. The Morgan fingerprint density at radius 3 is 2.72 bits per heavy atom. The van der Waals surface area contributed by atoms with Gasteiger partial charge in [0.05, 0.1) is 5.71 Å². The maximum Gasteiger partial charge on any atom is 0.342 e. The minimum atomic E-state index is 0.0756. The maximum atomic E-state index is 9.64. The van der Waals surface area contributed by atoms with Crippen LogP contribution in [0.25, 0.3) is 22.2 Å². The summed E-state index contributed by atoms with van der Waals surface area (Å²) in [5.41, 5.74) is 5.93. The minimum Gasteiger partial charge on any atom is -0.508 e. The zero-order valence-corrected chi connectivity index (χ0v) is 17.2. The van der Waals surface area contributed by atoms with Crippen molar-refractivity contribution in [3.63, 3.8) is 0 Å². The summed E-state index contributed by atoms with van der Waals surface area (Å²) in [6, 6.07) is 18.9. The van der Waals surface area contributed by atoms with Crippen molar-refractivity contribution in [1.82, 2.24) is 10.1 Å². The van der Waals surface area contributed by atoms with E-state index in [1.165, 1.54) is 0 Å². The molecular formula is C23H20N7O2+. The van der Waals surface area contributed by atoms with Crippen molar-refractivity contribution in [1.29, 1.82) is 5.41 Å². The fourth-order valence-corrected chi connectivity index (χ4v) is 3.47. The molecule has 5 rings (SSSR count). The van der Waals surface area contributed by atoms with Gasteiger partial charge in [0.2, 0.25) is 5.82 Å². The first kappa shape index (κ1) is 19.6. The predicted octanol–water partition coefficient (Wildman–Crippen LogP) is 3.73. The molecule has 0 fully saturated rings. The summed E-state index contributed by atoms with van der Waals surface area (Å²) in [7, 11) is 0. The van der Waals surface area contributed by atoms with Crippen LogP contribution in [0.5, 0.6) is 5.75 Å². The number of amidine groups is 1. The molecule has 3 aromatic carbocycles. The van der Waals surface area contributed by atoms with Crippen LogP contribution in [0.15, 0.2) is 75.3 Å². The molecule has 0 saturated carbocycles. The third kappa shape index (κ3) is 3.72. The van der Waals surface area contributed by atoms with Crippen molar-refractivity contribution in [2.45, 2.75) is 13.3 Å². The lowest BCUT2D eigenvalue weighted by Crippen LogP contribution is -2.83. The van der Waals surface area contributed by atoms with Gasteiger partial charge in [-0.2, -0.15) is 15.1 Å². The van der Waals surface area contributed by atoms with Crippen LogP contribution in [0, 0.1) is 5.41 Å². The van der Waals surface area contributed by atoms with Crippen LogP contribution in [-0.4, -0.2) is 32.5 Å². The van der Waals surface area contributed by atoms with Crippen LogP contribution in [0.1, 0.15) is 13.3 Å². The summed E-state index contributed by atoms with van der Waals surface area (Å²) < 4.78 is 5.22. The summed E-state index contributed by atoms with van der Waals surface area (Å²) in [4.78, 5) is 8.96. The van der Waals surface area contributed by atoms with E-state index in [4.69, 9.17) is 14.9 Å². The molecule has 0 spiro atoms. The predicted molar refractivity (Wildman–Crippen MR) is 123 cm³/mol. The van der Waals surface area contributed by atoms with Gasteiger partial charge in [0.25, 0.3) is 5.84 Å². The summed E-state index contributed by atoms with van der Waals surface area (Å²) in [6.07, 6.45) is 0.490. The summed E-state index contributed by atoms with van der Waals surface area (Å²) in [5.74, 6) is 1.03. The molecule has 1 aliphatic rings. The summed E-state index contributed by atoms with van der Waals surface area (Å²) in [5, 5.41) is 30.5. The molecule has 0 radical (unpaired) electrons. The van der Waals surface area contributed by atoms with E-state index >= 15 is 0 Å². The molecule has 0 unspecified atom stereocenters. The first-order valence-corrected chi connectivity index (χ1v) is 10.1. The minimum absolute atomic E-state index is 0.0756. The maximum absolute atomic E-state index is 9.64. The number of nitrogens with one attached hydrogen (secondary N) is 2. The number of hydrazone groups is 1. The number of aromatic hydroxyl groups is 1. The Bertz CT molecular complexity index is 1400. The number of hydrogen-bond acceptors (Lipinski definition) is 8. The molecule has 0 saturated heterocycles. The molecule has 9 heteroatoms. The Hall–Kier alpha value is -4.37. The lowest BCUT2D eigenvalue weighted by Gasteiger charge is -2.03. The topological polar surface area (TPSA) is 136 Å². The lowest BCUT2D eigenvalue weighted by molar-refractivity contribution is -0.434. The van der Waals surface area contributed by atoms with Gasteiger partial charge in [-0.1, -0.05) is 48.5 Å². The molecule has 1 aliphatic heterocycles. The molecule has 2 heterocycles. The van der Waals surface area contributed by atoms with Gasteiger partial charge in [0, 0.05) is 11.6 Å². The van der Waals surface area contributed by atoms with E-state index in [-0.39, 0.29) is 11.8 Å². The monoisotopic (exact) mass is 426 g/mol. The molecular weight excluding hydrogens is 406 g/mol. The number of phenols is 1. The second-order valence-corrected chi connectivity index (χ2v) is 7.28. The van der Waals surface area contributed by atoms with Gasteiger partial charge < -0.3 is 15.0 Å². The van der Waals surface area contributed by atoms with E-state index in [0.717, 1.165) is 22.1 Å². The largest absolute Gasteiger partial charge is 0.508 e. The van der Waals surface area contributed by atoms with Crippen molar-refractivity contribution in [2.24, 2.45) is 10.1 Å². The van der Waals surface area contributed by atoms with E-state index in [2.05, 4.69) is 32.8 Å². The average Bonchev–Trinajstić information content (AvgIpc) is 3.44. The van der Waals surface area contributed by atoms with E-state index in [9.17, 15) is 5.11 Å². The van der Waals surface area contributed by atoms with Crippen molar-refractivity contribution < 1.29 is 14.9 Å². The van der Waals surface area contributed by atoms with Crippen LogP contribution < -0.4 is 10.7 Å². The van der Waals surface area contributed by atoms with Gasteiger partial charge in [-0.05, 0) is 35.4 Å². The summed E-state index contributed by atoms with van der Waals surface area (Å²) >= 11 is 0. The van der Waals surface area contributed by atoms with Crippen molar-refractivity contribution in [3.05, 3.63) is 60.7 Å². The standard InChI is InChI=1S/C23H19N7O2/c1-2-17(24)20(22-25-18-11-13-6-3-4-7-14(13)12-19(18)26-22)28-29-23-27-21(30-32-23)15-8-5-9-16(31)10-15/h3-12,24,31H,2H2,1H3,(H,25,26)(H,27,29,30)/p+1. The molecule has 9 nitrogen and oxygen atoms in total. The Morgan fingerprint density at radius 2 is 1.94 bits per heavy atom. The summed E-state index contributed by atoms with van der Waals surface area (Å²) in [6.45, 7) is 1.89. The third-order valence-corrected chi connectivity index (χ3v) is 5.10. The van der Waals surface area contributed by atoms with Crippen LogP contribution in [-0.2, 0) is 0 Å². The molecule has 5 N–H and O–H groups in total. The number of rotatable bonds is 6. The number of quaternary nitrogens is 1. The lowest BCUT2D eigenvalue weighted by atomic mass is 10.1. The number of nitrogens with zero attached hydrogens (tertiary/aromatic N) is 4. The van der Waals surface area contributed by atoms with E-state index in [1.54, 1.807) is 24.3 Å². The first-order chi connectivity index (χ1) is 15.6. The average molecular weight is 426 g/mol. The van der Waals surface area contributed by atoms with Crippen LogP contribution >= 0.6 is 0 Å². The van der Waals surface area contributed by atoms with Crippen LogP contribution in [0.4, 0.5) is 17.4 Å². The van der Waals surface area contributed by atoms with Gasteiger partial charge >= 0.3 is 6.01 Å². The second kappa shape index (κ2) is 8.05. The highest BCUT2D eigenvalue weighted by Crippen LogP contribution is 2.30. The van der Waals surface area contributed by atoms with Gasteiger partial charge in [-0.15, -0.1) is 0 Å². The highest BCUT2D eigenvalue weighted by molar-refractivity contribution is 6.66. The second-order valence-electron chi connectivity index (χ2n) is 7.28. The number of benzene rings is 3. The van der Waals surface area contributed by atoms with E-state index in [0.29, 0.717) is 35.1 Å². The fraction of sp³-hybridized carbons (Fsp3) is 0.0870. The van der Waals surface area contributed by atoms with Crippen molar-refractivity contribution in [2.75, 3.05) is 5.43 Å². The molecule has 32 heavy (non-hydrogen) atoms. The van der Waals surface area contributed by atoms with Gasteiger partial charge in [0.1, 0.15) is 11.4 Å². The quantitative estimate of drug-likeness (QED) is 0.212. The first-order valence-electron chi connectivity index (χ1n) is 10.1. The normalized spacial score (nSPS) is 13.2. The zero-order valence-electron chi connectivity index (χ0n) is 17.2.